The Kier molecular flexibility index (Phi) is 1.29. The van der Waals surface area contributed by atoms with Crippen LogP contribution in [0.15, 0.2) is 0 Å². The van der Waals surface area contributed by atoms with Crippen LogP contribution in [0, 0.1) is 17.8 Å². The lowest BCUT2D eigenvalue weighted by Gasteiger charge is -2.05. The number of amides is 1. The average molecular weight is 165 g/mol. The Labute approximate surface area is 72.7 Å². The van der Waals surface area contributed by atoms with Crippen LogP contribution in [0.4, 0.5) is 0 Å². The Morgan fingerprint density at radius 3 is 2.33 bits per heavy atom. The summed E-state index contributed by atoms with van der Waals surface area (Å²) >= 11 is 0. The van der Waals surface area contributed by atoms with E-state index in [2.05, 4.69) is 5.32 Å². The number of rotatable bonds is 2. The molecule has 3 aliphatic rings. The van der Waals surface area contributed by atoms with Gasteiger partial charge >= 0.3 is 0 Å². The highest BCUT2D eigenvalue weighted by molar-refractivity contribution is 5.82. The fraction of sp³-hybridized carbons (Fsp3) is 0.900. The second-order valence-electron chi connectivity index (χ2n) is 4.63. The van der Waals surface area contributed by atoms with E-state index >= 15 is 0 Å². The molecule has 1 heterocycles. The molecule has 1 aliphatic heterocycles. The van der Waals surface area contributed by atoms with E-state index in [-0.39, 0.29) is 0 Å². The summed E-state index contributed by atoms with van der Waals surface area (Å²) in [6.45, 7) is 0. The molecular formula is C10H15NO. The first kappa shape index (κ1) is 6.93. The molecule has 0 aromatic rings. The number of hydrogen-bond donors (Lipinski definition) is 1. The molecule has 0 aromatic heterocycles. The molecule has 1 amide bonds. The molecule has 3 fully saturated rings. The quantitative estimate of drug-likeness (QED) is 0.656. The molecule has 1 saturated heterocycles. The smallest absolute Gasteiger partial charge is 0.223 e. The molecule has 0 aromatic carbocycles. The normalized spacial score (nSPS) is 41.5. The van der Waals surface area contributed by atoms with Crippen LogP contribution in [-0.2, 0) is 4.79 Å². The SMILES string of the molecule is O=C1N[C@H](C2CC2)C[C@@H]1C1CC1. The van der Waals surface area contributed by atoms with Gasteiger partial charge in [0.25, 0.3) is 0 Å². The topological polar surface area (TPSA) is 29.1 Å². The van der Waals surface area contributed by atoms with Crippen molar-refractivity contribution in [2.45, 2.75) is 38.1 Å². The summed E-state index contributed by atoms with van der Waals surface area (Å²) in [5.74, 6) is 2.36. The lowest BCUT2D eigenvalue weighted by molar-refractivity contribution is -0.123. The maximum absolute atomic E-state index is 11.5. The van der Waals surface area contributed by atoms with Crippen molar-refractivity contribution in [2.24, 2.45) is 17.8 Å². The van der Waals surface area contributed by atoms with Crippen LogP contribution >= 0.6 is 0 Å². The predicted octanol–water partition coefficient (Wildman–Crippen LogP) is 1.31. The standard InChI is InChI=1S/C10H15NO/c12-10-8(6-1-2-6)5-9(11-10)7-3-4-7/h6-9H,1-5H2,(H,11,12)/t8-,9+/m1/s1. The third kappa shape index (κ3) is 1.05. The van der Waals surface area contributed by atoms with Gasteiger partial charge in [0.2, 0.25) is 5.91 Å². The summed E-state index contributed by atoms with van der Waals surface area (Å²) in [6.07, 6.45) is 6.45. The van der Waals surface area contributed by atoms with E-state index in [0.717, 1.165) is 18.3 Å². The lowest BCUT2D eigenvalue weighted by Crippen LogP contribution is -2.27. The van der Waals surface area contributed by atoms with Crippen LogP contribution in [0.25, 0.3) is 0 Å². The van der Waals surface area contributed by atoms with Crippen LogP contribution in [0.5, 0.6) is 0 Å². The van der Waals surface area contributed by atoms with E-state index in [9.17, 15) is 4.79 Å². The van der Waals surface area contributed by atoms with Gasteiger partial charge in [0, 0.05) is 12.0 Å². The van der Waals surface area contributed by atoms with Crippen molar-refractivity contribution < 1.29 is 4.79 Å². The van der Waals surface area contributed by atoms with Crippen molar-refractivity contribution in [2.75, 3.05) is 0 Å². The highest BCUT2D eigenvalue weighted by Crippen LogP contribution is 2.45. The zero-order chi connectivity index (χ0) is 8.13. The molecule has 66 valence electrons. The monoisotopic (exact) mass is 165 g/mol. The number of carbonyl (C=O) groups is 1. The van der Waals surface area contributed by atoms with E-state index in [1.54, 1.807) is 0 Å². The third-order valence-corrected chi connectivity index (χ3v) is 3.55. The first-order valence-corrected chi connectivity index (χ1v) is 5.15. The van der Waals surface area contributed by atoms with Crippen LogP contribution in [0.3, 0.4) is 0 Å². The summed E-state index contributed by atoms with van der Waals surface area (Å²) < 4.78 is 0. The maximum atomic E-state index is 11.5. The maximum Gasteiger partial charge on any atom is 0.223 e. The van der Waals surface area contributed by atoms with Crippen molar-refractivity contribution in [3.8, 4) is 0 Å². The summed E-state index contributed by atoms with van der Waals surface area (Å²) in [7, 11) is 0. The molecular weight excluding hydrogens is 150 g/mol. The van der Waals surface area contributed by atoms with Crippen LogP contribution < -0.4 is 5.32 Å². The molecule has 2 heteroatoms. The summed E-state index contributed by atoms with van der Waals surface area (Å²) in [5.41, 5.74) is 0. The number of hydrogen-bond acceptors (Lipinski definition) is 1. The van der Waals surface area contributed by atoms with Gasteiger partial charge in [0.15, 0.2) is 0 Å². The fourth-order valence-electron chi connectivity index (χ4n) is 2.44. The second-order valence-corrected chi connectivity index (χ2v) is 4.63. The van der Waals surface area contributed by atoms with E-state index in [1.165, 1.54) is 25.7 Å². The summed E-state index contributed by atoms with van der Waals surface area (Å²) in [5, 5.41) is 3.15. The molecule has 0 radical (unpaired) electrons. The molecule has 0 spiro atoms. The molecule has 2 saturated carbocycles. The van der Waals surface area contributed by atoms with Gasteiger partial charge in [-0.3, -0.25) is 4.79 Å². The first-order valence-electron chi connectivity index (χ1n) is 5.15. The second kappa shape index (κ2) is 2.24. The van der Waals surface area contributed by atoms with Gasteiger partial charge in [-0.1, -0.05) is 0 Å². The Morgan fingerprint density at radius 1 is 1.08 bits per heavy atom. The van der Waals surface area contributed by atoms with Crippen molar-refractivity contribution in [1.29, 1.82) is 0 Å². The van der Waals surface area contributed by atoms with Gasteiger partial charge in [-0.2, -0.15) is 0 Å². The molecule has 12 heavy (non-hydrogen) atoms. The number of nitrogens with one attached hydrogen (secondary N) is 1. The van der Waals surface area contributed by atoms with E-state index < -0.39 is 0 Å². The highest BCUT2D eigenvalue weighted by Gasteiger charge is 2.46. The zero-order valence-electron chi connectivity index (χ0n) is 7.25. The molecule has 2 aliphatic carbocycles. The minimum atomic E-state index is 0.356. The van der Waals surface area contributed by atoms with Crippen LogP contribution in [0.2, 0.25) is 0 Å². The Bertz CT molecular complexity index is 218. The highest BCUT2D eigenvalue weighted by atomic mass is 16.2. The zero-order valence-corrected chi connectivity index (χ0v) is 7.25. The number of carbonyl (C=O) groups excluding carboxylic acids is 1. The van der Waals surface area contributed by atoms with E-state index in [0.29, 0.717) is 17.9 Å². The molecule has 1 N–H and O–H groups in total. The molecule has 2 nitrogen and oxygen atoms in total. The van der Waals surface area contributed by atoms with Gasteiger partial charge in [-0.15, -0.1) is 0 Å². The van der Waals surface area contributed by atoms with Crippen molar-refractivity contribution in [1.82, 2.24) is 5.32 Å². The van der Waals surface area contributed by atoms with Gasteiger partial charge in [-0.25, -0.2) is 0 Å². The van der Waals surface area contributed by atoms with Gasteiger partial charge in [0.1, 0.15) is 0 Å². The van der Waals surface area contributed by atoms with Crippen molar-refractivity contribution in [3.63, 3.8) is 0 Å². The Morgan fingerprint density at radius 2 is 1.75 bits per heavy atom. The molecule has 2 atom stereocenters. The Balaban J connectivity index is 1.68. The fourth-order valence-corrected chi connectivity index (χ4v) is 2.44. The first-order chi connectivity index (χ1) is 5.84. The van der Waals surface area contributed by atoms with Gasteiger partial charge in [-0.05, 0) is 43.9 Å². The minimum Gasteiger partial charge on any atom is -0.353 e. The van der Waals surface area contributed by atoms with Crippen LogP contribution in [0.1, 0.15) is 32.1 Å². The minimum absolute atomic E-state index is 0.356. The molecule has 0 unspecified atom stereocenters. The predicted molar refractivity (Wildman–Crippen MR) is 45.5 cm³/mol. The van der Waals surface area contributed by atoms with Crippen molar-refractivity contribution in [3.05, 3.63) is 0 Å². The van der Waals surface area contributed by atoms with Crippen LogP contribution in [-0.4, -0.2) is 11.9 Å². The largest absolute Gasteiger partial charge is 0.353 e. The van der Waals surface area contributed by atoms with Crippen molar-refractivity contribution >= 4 is 5.91 Å². The summed E-state index contributed by atoms with van der Waals surface area (Å²) in [6, 6.07) is 0.558. The van der Waals surface area contributed by atoms with E-state index in [4.69, 9.17) is 0 Å². The van der Waals surface area contributed by atoms with Gasteiger partial charge in [0.05, 0.1) is 0 Å². The van der Waals surface area contributed by atoms with E-state index in [1.807, 2.05) is 0 Å². The average Bonchev–Trinajstić information content (AvgIpc) is 2.93. The lowest BCUT2D eigenvalue weighted by atomic mass is 9.98. The molecule has 0 bridgehead atoms. The third-order valence-electron chi connectivity index (χ3n) is 3.55. The molecule has 3 rings (SSSR count). The summed E-state index contributed by atoms with van der Waals surface area (Å²) in [4.78, 5) is 11.5. The Hall–Kier alpha value is -0.530. The van der Waals surface area contributed by atoms with Gasteiger partial charge < -0.3 is 5.32 Å².